The van der Waals surface area contributed by atoms with Crippen molar-refractivity contribution in [1.29, 1.82) is 0 Å². The summed E-state index contributed by atoms with van der Waals surface area (Å²) >= 11 is 0. The van der Waals surface area contributed by atoms with Crippen LogP contribution in [0.2, 0.25) is 0 Å². The van der Waals surface area contributed by atoms with E-state index in [4.69, 9.17) is 5.73 Å². The quantitative estimate of drug-likeness (QED) is 0.443. The van der Waals surface area contributed by atoms with Crippen molar-refractivity contribution in [3.63, 3.8) is 0 Å². The number of guanidine groups is 1. The molecule has 1 atom stereocenters. The molecule has 1 saturated heterocycles. The summed E-state index contributed by atoms with van der Waals surface area (Å²) in [5.41, 5.74) is 8.73. The minimum atomic E-state index is 0. The van der Waals surface area contributed by atoms with Crippen LogP contribution in [0.1, 0.15) is 37.8 Å². The van der Waals surface area contributed by atoms with Crippen LogP contribution >= 0.6 is 24.0 Å². The van der Waals surface area contributed by atoms with Gasteiger partial charge in [-0.25, -0.2) is 4.99 Å². The predicted molar refractivity (Wildman–Crippen MR) is 109 cm³/mol. The van der Waals surface area contributed by atoms with Gasteiger partial charge in [-0.2, -0.15) is 0 Å². The summed E-state index contributed by atoms with van der Waals surface area (Å²) < 4.78 is 0. The molecular formula is C18H31IN4. The Bertz CT molecular complexity index is 504. The molecule has 0 bridgehead atoms. The molecule has 5 heteroatoms. The molecule has 1 unspecified atom stereocenters. The van der Waals surface area contributed by atoms with Gasteiger partial charge in [-0.05, 0) is 43.5 Å². The predicted octanol–water partition coefficient (Wildman–Crippen LogP) is 3.30. The lowest BCUT2D eigenvalue weighted by Gasteiger charge is -2.31. The summed E-state index contributed by atoms with van der Waals surface area (Å²) in [6.45, 7) is 9.25. The van der Waals surface area contributed by atoms with Crippen molar-refractivity contribution in [1.82, 2.24) is 9.80 Å². The molecule has 1 aliphatic heterocycles. The van der Waals surface area contributed by atoms with E-state index in [2.05, 4.69) is 60.0 Å². The lowest BCUT2D eigenvalue weighted by Crippen LogP contribution is -2.43. The van der Waals surface area contributed by atoms with Crippen LogP contribution in [-0.2, 0) is 13.1 Å². The fraction of sp³-hybridized carbons (Fsp3) is 0.611. The zero-order valence-electron chi connectivity index (χ0n) is 14.7. The maximum Gasteiger partial charge on any atom is 0.191 e. The lowest BCUT2D eigenvalue weighted by atomic mass is 10.0. The summed E-state index contributed by atoms with van der Waals surface area (Å²) in [4.78, 5) is 9.12. The van der Waals surface area contributed by atoms with Crippen LogP contribution < -0.4 is 5.73 Å². The van der Waals surface area contributed by atoms with E-state index in [1.165, 1.54) is 24.0 Å². The van der Waals surface area contributed by atoms with Crippen molar-refractivity contribution in [2.75, 3.05) is 26.7 Å². The van der Waals surface area contributed by atoms with Gasteiger partial charge in [0.2, 0.25) is 0 Å². The average molecular weight is 430 g/mol. The molecule has 0 radical (unpaired) electrons. The van der Waals surface area contributed by atoms with Gasteiger partial charge in [0.25, 0.3) is 0 Å². The third-order valence-electron chi connectivity index (χ3n) is 4.39. The van der Waals surface area contributed by atoms with Gasteiger partial charge in [0.1, 0.15) is 0 Å². The van der Waals surface area contributed by atoms with Gasteiger partial charge in [-0.1, -0.05) is 38.1 Å². The topological polar surface area (TPSA) is 44.9 Å². The molecule has 2 rings (SSSR count). The Balaban J connectivity index is 0.00000264. The number of likely N-dealkylation sites (tertiary alicyclic amines) is 1. The molecule has 0 spiro atoms. The third-order valence-corrected chi connectivity index (χ3v) is 4.39. The first-order chi connectivity index (χ1) is 10.6. The number of nitrogens with two attached hydrogens (primary N) is 1. The number of aliphatic imine (C=N–C) groups is 1. The summed E-state index contributed by atoms with van der Waals surface area (Å²) in [6.07, 6.45) is 2.52. The van der Waals surface area contributed by atoms with Crippen LogP contribution in [0.15, 0.2) is 29.3 Å². The van der Waals surface area contributed by atoms with E-state index in [0.29, 0.717) is 12.5 Å². The Morgan fingerprint density at radius 2 is 2.13 bits per heavy atom. The Hall–Kier alpha value is -0.820. The molecule has 4 nitrogen and oxygen atoms in total. The molecule has 0 aliphatic carbocycles. The van der Waals surface area contributed by atoms with E-state index < -0.39 is 0 Å². The van der Waals surface area contributed by atoms with Gasteiger partial charge in [-0.15, -0.1) is 24.0 Å². The van der Waals surface area contributed by atoms with E-state index in [-0.39, 0.29) is 24.0 Å². The first kappa shape index (κ1) is 20.2. The average Bonchev–Trinajstić information content (AvgIpc) is 2.53. The number of hydrogen-bond acceptors (Lipinski definition) is 2. The largest absolute Gasteiger partial charge is 0.370 e. The molecule has 0 saturated carbocycles. The van der Waals surface area contributed by atoms with Gasteiger partial charge < -0.3 is 15.5 Å². The van der Waals surface area contributed by atoms with Crippen LogP contribution in [0.25, 0.3) is 0 Å². The van der Waals surface area contributed by atoms with Gasteiger partial charge >= 0.3 is 0 Å². The smallest absolute Gasteiger partial charge is 0.191 e. The van der Waals surface area contributed by atoms with Gasteiger partial charge in [-0.3, -0.25) is 0 Å². The van der Waals surface area contributed by atoms with Crippen molar-refractivity contribution in [2.24, 2.45) is 16.6 Å². The highest BCUT2D eigenvalue weighted by molar-refractivity contribution is 14.0. The fourth-order valence-electron chi connectivity index (χ4n) is 2.92. The normalized spacial score (nSPS) is 18.9. The van der Waals surface area contributed by atoms with Crippen molar-refractivity contribution in [3.8, 4) is 0 Å². The fourth-order valence-corrected chi connectivity index (χ4v) is 2.92. The van der Waals surface area contributed by atoms with E-state index in [9.17, 15) is 0 Å². The Kier molecular flexibility index (Phi) is 8.91. The molecule has 2 N–H and O–H groups in total. The highest BCUT2D eigenvalue weighted by Crippen LogP contribution is 2.15. The number of hydrogen-bond donors (Lipinski definition) is 1. The van der Waals surface area contributed by atoms with E-state index in [1.54, 1.807) is 0 Å². The van der Waals surface area contributed by atoms with Crippen LogP contribution in [0.5, 0.6) is 0 Å². The molecule has 0 aromatic heterocycles. The van der Waals surface area contributed by atoms with Crippen LogP contribution in [0.4, 0.5) is 0 Å². The second-order valence-corrected chi connectivity index (χ2v) is 6.52. The van der Waals surface area contributed by atoms with Gasteiger partial charge in [0, 0.05) is 19.6 Å². The number of nitrogens with zero attached hydrogens (tertiary/aromatic N) is 3. The standard InChI is InChI=1S/C18H30N4.HI/c1-4-21(3)14-17-9-5-8-16(11-17)12-20-18(19)22-10-6-7-15(2)13-22;/h5,8-9,11,15H,4,6-7,10,12-14H2,1-3H3,(H2,19,20);1H. The second-order valence-electron chi connectivity index (χ2n) is 6.52. The number of piperidine rings is 1. The summed E-state index contributed by atoms with van der Waals surface area (Å²) in [5, 5.41) is 0. The number of benzene rings is 1. The zero-order valence-corrected chi connectivity index (χ0v) is 17.0. The first-order valence-corrected chi connectivity index (χ1v) is 8.39. The second kappa shape index (κ2) is 10.1. The maximum atomic E-state index is 6.17. The minimum absolute atomic E-state index is 0. The Morgan fingerprint density at radius 1 is 1.39 bits per heavy atom. The molecule has 130 valence electrons. The molecular weight excluding hydrogens is 399 g/mol. The lowest BCUT2D eigenvalue weighted by molar-refractivity contribution is 0.270. The van der Waals surface area contributed by atoms with Crippen LogP contribution in [0, 0.1) is 5.92 Å². The molecule has 1 aromatic rings. The summed E-state index contributed by atoms with van der Waals surface area (Å²) in [5.74, 6) is 1.41. The molecule has 1 aliphatic rings. The van der Waals surface area contributed by atoms with Crippen molar-refractivity contribution in [2.45, 2.75) is 39.8 Å². The van der Waals surface area contributed by atoms with Gasteiger partial charge in [0.15, 0.2) is 5.96 Å². The van der Waals surface area contributed by atoms with Crippen molar-refractivity contribution >= 4 is 29.9 Å². The Morgan fingerprint density at radius 3 is 2.83 bits per heavy atom. The zero-order chi connectivity index (χ0) is 15.9. The highest BCUT2D eigenvalue weighted by Gasteiger charge is 2.17. The van der Waals surface area contributed by atoms with E-state index >= 15 is 0 Å². The number of halogens is 1. The molecule has 23 heavy (non-hydrogen) atoms. The summed E-state index contributed by atoms with van der Waals surface area (Å²) in [6, 6.07) is 8.66. The van der Waals surface area contributed by atoms with Crippen molar-refractivity contribution in [3.05, 3.63) is 35.4 Å². The molecule has 1 aromatic carbocycles. The Labute approximate surface area is 158 Å². The maximum absolute atomic E-state index is 6.17. The molecule has 1 heterocycles. The SMILES string of the molecule is CCN(C)Cc1cccc(CN=C(N)N2CCCC(C)C2)c1.I. The van der Waals surface area contributed by atoms with Gasteiger partial charge in [0.05, 0.1) is 6.54 Å². The third kappa shape index (κ3) is 6.67. The summed E-state index contributed by atoms with van der Waals surface area (Å²) in [7, 11) is 2.14. The molecule has 0 amide bonds. The molecule has 1 fully saturated rings. The van der Waals surface area contributed by atoms with Crippen molar-refractivity contribution < 1.29 is 0 Å². The van der Waals surface area contributed by atoms with E-state index in [0.717, 1.165) is 32.1 Å². The van der Waals surface area contributed by atoms with Crippen LogP contribution in [-0.4, -0.2) is 42.4 Å². The number of rotatable bonds is 5. The van der Waals surface area contributed by atoms with E-state index in [1.807, 2.05) is 0 Å². The highest BCUT2D eigenvalue weighted by atomic mass is 127. The minimum Gasteiger partial charge on any atom is -0.370 e. The monoisotopic (exact) mass is 430 g/mol. The first-order valence-electron chi connectivity index (χ1n) is 8.39. The van der Waals surface area contributed by atoms with Crippen LogP contribution in [0.3, 0.4) is 0 Å².